The fourth-order valence-corrected chi connectivity index (χ4v) is 5.04. The molecule has 1 saturated heterocycles. The number of carbonyl (C=O) groups is 1. The lowest BCUT2D eigenvalue weighted by Gasteiger charge is -2.46. The van der Waals surface area contributed by atoms with Gasteiger partial charge < -0.3 is 4.90 Å². The summed E-state index contributed by atoms with van der Waals surface area (Å²) in [6.07, 6.45) is 0.636. The van der Waals surface area contributed by atoms with E-state index in [1.54, 1.807) is 18.0 Å². The van der Waals surface area contributed by atoms with Gasteiger partial charge in [0.1, 0.15) is 5.82 Å². The van der Waals surface area contributed by atoms with Gasteiger partial charge in [-0.2, -0.15) is 18.3 Å². The number of H-pyrrole nitrogens is 1. The summed E-state index contributed by atoms with van der Waals surface area (Å²) in [4.78, 5) is 27.7. The normalized spacial score (nSPS) is 20.2. The minimum absolute atomic E-state index is 0.194. The SMILES string of the molecule is Cc1nc(-c2ccn[nH]2)c2c(n1)[C@H]1CCC[C@@H](C2)N1C(=O)c1ccnc(C(F)(F)F)c1Cl. The second kappa shape index (κ2) is 7.54. The number of piperidine rings is 1. The molecule has 3 aromatic heterocycles. The van der Waals surface area contributed by atoms with Gasteiger partial charge in [-0.1, -0.05) is 11.6 Å². The summed E-state index contributed by atoms with van der Waals surface area (Å²) in [7, 11) is 0. The second-order valence-electron chi connectivity index (χ2n) is 7.99. The Labute approximate surface area is 186 Å². The molecule has 166 valence electrons. The van der Waals surface area contributed by atoms with Crippen molar-refractivity contribution in [2.75, 3.05) is 0 Å². The molecule has 11 heteroatoms. The summed E-state index contributed by atoms with van der Waals surface area (Å²) in [5, 5.41) is 6.26. The number of amides is 1. The van der Waals surface area contributed by atoms with Crippen molar-refractivity contribution in [1.82, 2.24) is 30.0 Å². The second-order valence-corrected chi connectivity index (χ2v) is 8.37. The Hall–Kier alpha value is -3.01. The average molecular weight is 463 g/mol. The van der Waals surface area contributed by atoms with E-state index < -0.39 is 22.8 Å². The van der Waals surface area contributed by atoms with Gasteiger partial charge in [-0.25, -0.2) is 9.97 Å². The molecule has 0 unspecified atom stereocenters. The Bertz CT molecular complexity index is 1200. The van der Waals surface area contributed by atoms with Gasteiger partial charge in [-0.05, 0) is 44.7 Å². The monoisotopic (exact) mass is 462 g/mol. The van der Waals surface area contributed by atoms with E-state index in [1.165, 1.54) is 6.07 Å². The summed E-state index contributed by atoms with van der Waals surface area (Å²) in [6.45, 7) is 1.77. The molecule has 1 amide bonds. The van der Waals surface area contributed by atoms with Gasteiger partial charge in [0.2, 0.25) is 0 Å². The van der Waals surface area contributed by atoms with E-state index >= 15 is 0 Å². The first-order valence-corrected chi connectivity index (χ1v) is 10.5. The quantitative estimate of drug-likeness (QED) is 0.604. The van der Waals surface area contributed by atoms with Crippen LogP contribution in [0.2, 0.25) is 5.02 Å². The summed E-state index contributed by atoms with van der Waals surface area (Å²) in [6, 6.07) is 2.50. The number of hydrogen-bond donors (Lipinski definition) is 1. The van der Waals surface area contributed by atoms with E-state index in [9.17, 15) is 18.0 Å². The number of aromatic amines is 1. The molecule has 0 aliphatic carbocycles. The topological polar surface area (TPSA) is 87.7 Å². The first-order chi connectivity index (χ1) is 15.3. The summed E-state index contributed by atoms with van der Waals surface area (Å²) < 4.78 is 39.9. The summed E-state index contributed by atoms with van der Waals surface area (Å²) in [5.74, 6) is 0.00804. The smallest absolute Gasteiger partial charge is 0.327 e. The molecular weight excluding hydrogens is 445 g/mol. The maximum absolute atomic E-state index is 13.5. The van der Waals surface area contributed by atoms with Crippen LogP contribution in [-0.4, -0.2) is 42.0 Å². The van der Waals surface area contributed by atoms with Gasteiger partial charge in [0.05, 0.1) is 33.7 Å². The standard InChI is InChI=1S/C21H18ClF3N6O/c1-10-28-17(14-6-8-27-30-14)13-9-11-3-2-4-15(18(13)29-10)31(11)20(32)12-5-7-26-19(16(12)22)21(23,24)25/h5-8,11,15H,2-4,9H2,1H3,(H,27,30)/t11-,15+/m0/s1. The van der Waals surface area contributed by atoms with Crippen LogP contribution in [0.15, 0.2) is 24.5 Å². The highest BCUT2D eigenvalue weighted by molar-refractivity contribution is 6.34. The molecule has 0 radical (unpaired) electrons. The number of hydrogen-bond acceptors (Lipinski definition) is 5. The van der Waals surface area contributed by atoms with E-state index in [4.69, 9.17) is 11.6 Å². The molecule has 0 saturated carbocycles. The molecule has 5 rings (SSSR count). The van der Waals surface area contributed by atoms with E-state index in [0.29, 0.717) is 18.7 Å². The van der Waals surface area contributed by atoms with Crippen LogP contribution in [0.4, 0.5) is 13.2 Å². The van der Waals surface area contributed by atoms with E-state index in [-0.39, 0.29) is 17.6 Å². The minimum Gasteiger partial charge on any atom is -0.327 e. The third-order valence-electron chi connectivity index (χ3n) is 6.03. The van der Waals surface area contributed by atoms with Crippen LogP contribution in [-0.2, 0) is 12.6 Å². The maximum atomic E-state index is 13.5. The van der Waals surface area contributed by atoms with Crippen LogP contribution in [0, 0.1) is 6.92 Å². The van der Waals surface area contributed by atoms with Crippen molar-refractivity contribution in [1.29, 1.82) is 0 Å². The van der Waals surface area contributed by atoms with Gasteiger partial charge in [-0.3, -0.25) is 14.9 Å². The van der Waals surface area contributed by atoms with Crippen molar-refractivity contribution in [3.8, 4) is 11.4 Å². The molecule has 2 aliphatic rings. The molecule has 0 spiro atoms. The van der Waals surface area contributed by atoms with Crippen LogP contribution >= 0.6 is 11.6 Å². The number of halogens is 4. The van der Waals surface area contributed by atoms with Crippen LogP contribution in [0.1, 0.15) is 58.4 Å². The molecule has 1 N–H and O–H groups in total. The predicted octanol–water partition coefficient (Wildman–Crippen LogP) is 4.53. The van der Waals surface area contributed by atoms with Crippen LogP contribution in [0.5, 0.6) is 0 Å². The highest BCUT2D eigenvalue weighted by Gasteiger charge is 2.44. The Morgan fingerprint density at radius 1 is 1.22 bits per heavy atom. The lowest BCUT2D eigenvalue weighted by atomic mass is 9.81. The van der Waals surface area contributed by atoms with Gasteiger partial charge in [0.15, 0.2) is 5.69 Å². The zero-order valence-electron chi connectivity index (χ0n) is 16.9. The lowest BCUT2D eigenvalue weighted by Crippen LogP contribution is -2.50. The predicted molar refractivity (Wildman–Crippen MR) is 109 cm³/mol. The lowest BCUT2D eigenvalue weighted by molar-refractivity contribution is -0.141. The van der Waals surface area contributed by atoms with Gasteiger partial charge in [0, 0.05) is 24.0 Å². The molecule has 5 heterocycles. The summed E-state index contributed by atoms with van der Waals surface area (Å²) in [5.41, 5.74) is 1.72. The Balaban J connectivity index is 1.60. The van der Waals surface area contributed by atoms with Gasteiger partial charge in [0.25, 0.3) is 5.91 Å². The first-order valence-electron chi connectivity index (χ1n) is 10.2. The number of aryl methyl sites for hydroxylation is 1. The van der Waals surface area contributed by atoms with Crippen LogP contribution in [0.25, 0.3) is 11.4 Å². The van der Waals surface area contributed by atoms with Crippen LogP contribution < -0.4 is 0 Å². The van der Waals surface area contributed by atoms with E-state index in [0.717, 1.165) is 41.7 Å². The molecule has 2 aliphatic heterocycles. The molecule has 1 fully saturated rings. The number of fused-ring (bicyclic) bond motifs is 4. The van der Waals surface area contributed by atoms with Crippen molar-refractivity contribution in [2.24, 2.45) is 0 Å². The largest absolute Gasteiger partial charge is 0.434 e. The van der Waals surface area contributed by atoms with Crippen molar-refractivity contribution in [3.63, 3.8) is 0 Å². The van der Waals surface area contributed by atoms with Gasteiger partial charge >= 0.3 is 6.18 Å². The molecule has 32 heavy (non-hydrogen) atoms. The first kappa shape index (κ1) is 20.9. The average Bonchev–Trinajstić information content (AvgIpc) is 3.27. The minimum atomic E-state index is -4.75. The fraction of sp³-hybridized carbons (Fsp3) is 0.381. The zero-order chi connectivity index (χ0) is 22.6. The van der Waals surface area contributed by atoms with E-state index in [1.807, 2.05) is 6.07 Å². The fourth-order valence-electron chi connectivity index (χ4n) is 4.74. The van der Waals surface area contributed by atoms with Crippen molar-refractivity contribution < 1.29 is 18.0 Å². The van der Waals surface area contributed by atoms with Crippen molar-refractivity contribution >= 4 is 17.5 Å². The molecule has 3 aromatic rings. The molecular formula is C21H18ClF3N6O. The maximum Gasteiger partial charge on any atom is 0.434 e. The number of pyridine rings is 1. The Morgan fingerprint density at radius 2 is 2.03 bits per heavy atom. The number of aromatic nitrogens is 5. The molecule has 7 nitrogen and oxygen atoms in total. The number of alkyl halides is 3. The highest BCUT2D eigenvalue weighted by atomic mass is 35.5. The third-order valence-corrected chi connectivity index (χ3v) is 6.41. The highest BCUT2D eigenvalue weighted by Crippen LogP contribution is 2.45. The van der Waals surface area contributed by atoms with Crippen molar-refractivity contribution in [2.45, 2.75) is 50.9 Å². The number of carbonyl (C=O) groups excluding carboxylic acids is 1. The van der Waals surface area contributed by atoms with E-state index in [2.05, 4.69) is 25.1 Å². The Morgan fingerprint density at radius 3 is 2.75 bits per heavy atom. The van der Waals surface area contributed by atoms with Crippen LogP contribution in [0.3, 0.4) is 0 Å². The molecule has 2 bridgehead atoms. The number of nitrogens with one attached hydrogen (secondary N) is 1. The molecule has 2 atom stereocenters. The molecule has 0 aromatic carbocycles. The van der Waals surface area contributed by atoms with Gasteiger partial charge in [-0.15, -0.1) is 0 Å². The van der Waals surface area contributed by atoms with Crippen molar-refractivity contribution in [3.05, 3.63) is 57.9 Å². The summed E-state index contributed by atoms with van der Waals surface area (Å²) >= 11 is 6.02. The number of nitrogens with zero attached hydrogens (tertiary/aromatic N) is 5. The zero-order valence-corrected chi connectivity index (χ0v) is 17.7. The Kier molecular flexibility index (Phi) is 4.92. The third kappa shape index (κ3) is 3.33. The number of rotatable bonds is 2.